The van der Waals surface area contributed by atoms with E-state index in [1.54, 1.807) is 6.33 Å². The topological polar surface area (TPSA) is 94.4 Å². The standard InChI is InChI=1S/C29H32N8O/c38-26-10-11-37(20-26)25-8-6-23(7-9-25)17-27-32-21-33-29(34-27)36-14-12-35(13-15-36)28-30-18-24(19-31-28)16-22-4-2-1-3-5-22/h1-9,18-19,21,26,38H,10-17,20H2/t26-/m1/s1. The number of nitrogens with zero attached hydrogens (tertiary/aromatic N) is 8. The van der Waals surface area contributed by atoms with Gasteiger partial charge in [0.05, 0.1) is 6.10 Å². The Hall–Kier alpha value is -4.11. The van der Waals surface area contributed by atoms with Gasteiger partial charge in [0.25, 0.3) is 0 Å². The molecule has 0 aliphatic carbocycles. The van der Waals surface area contributed by atoms with Crippen molar-refractivity contribution < 1.29 is 5.11 Å². The zero-order chi connectivity index (χ0) is 25.7. The monoisotopic (exact) mass is 508 g/mol. The third-order valence-electron chi connectivity index (χ3n) is 7.22. The van der Waals surface area contributed by atoms with E-state index in [0.717, 1.165) is 80.1 Å². The SMILES string of the molecule is O[C@@H]1CCN(c2ccc(Cc3ncnc(N4CCN(c5ncc(Cc6ccccc6)cn5)CC4)n3)cc2)C1. The van der Waals surface area contributed by atoms with Crippen molar-refractivity contribution in [3.63, 3.8) is 0 Å². The summed E-state index contributed by atoms with van der Waals surface area (Å²) >= 11 is 0. The van der Waals surface area contributed by atoms with Crippen LogP contribution >= 0.6 is 0 Å². The van der Waals surface area contributed by atoms with Crippen molar-refractivity contribution in [2.45, 2.75) is 25.4 Å². The van der Waals surface area contributed by atoms with Crippen LogP contribution in [0.15, 0.2) is 73.3 Å². The number of benzene rings is 2. The van der Waals surface area contributed by atoms with Crippen LogP contribution in [0.25, 0.3) is 0 Å². The molecule has 1 atom stereocenters. The van der Waals surface area contributed by atoms with Crippen molar-refractivity contribution in [3.05, 3.63) is 95.8 Å². The summed E-state index contributed by atoms with van der Waals surface area (Å²) in [4.78, 5) is 29.5. The minimum absolute atomic E-state index is 0.224. The molecule has 2 aliphatic rings. The summed E-state index contributed by atoms with van der Waals surface area (Å²) in [6.07, 6.45) is 7.57. The summed E-state index contributed by atoms with van der Waals surface area (Å²) in [7, 11) is 0. The van der Waals surface area contributed by atoms with E-state index in [1.807, 2.05) is 18.5 Å². The molecule has 2 saturated heterocycles. The number of aromatic nitrogens is 5. The Labute approximate surface area is 222 Å². The van der Waals surface area contributed by atoms with Gasteiger partial charge in [-0.1, -0.05) is 42.5 Å². The summed E-state index contributed by atoms with van der Waals surface area (Å²) in [6.45, 7) is 4.83. The van der Waals surface area contributed by atoms with Gasteiger partial charge in [-0.25, -0.2) is 19.9 Å². The van der Waals surface area contributed by atoms with Gasteiger partial charge in [-0.15, -0.1) is 0 Å². The number of piperazine rings is 1. The molecule has 4 aromatic rings. The fourth-order valence-corrected chi connectivity index (χ4v) is 5.08. The zero-order valence-corrected chi connectivity index (χ0v) is 21.4. The van der Waals surface area contributed by atoms with Crippen LogP contribution in [0.3, 0.4) is 0 Å². The Morgan fingerprint density at radius 2 is 1.34 bits per heavy atom. The molecule has 2 aromatic heterocycles. The lowest BCUT2D eigenvalue weighted by atomic mass is 10.1. The summed E-state index contributed by atoms with van der Waals surface area (Å²) < 4.78 is 0. The molecule has 0 unspecified atom stereocenters. The molecule has 2 fully saturated rings. The van der Waals surface area contributed by atoms with Crippen LogP contribution in [-0.2, 0) is 12.8 Å². The van der Waals surface area contributed by atoms with E-state index in [2.05, 4.69) is 83.2 Å². The summed E-state index contributed by atoms with van der Waals surface area (Å²) in [5.41, 5.74) is 4.67. The van der Waals surface area contributed by atoms with Crippen molar-refractivity contribution in [1.82, 2.24) is 24.9 Å². The number of aliphatic hydroxyl groups is 1. The van der Waals surface area contributed by atoms with Crippen molar-refractivity contribution in [1.29, 1.82) is 0 Å². The zero-order valence-electron chi connectivity index (χ0n) is 21.4. The Morgan fingerprint density at radius 1 is 0.658 bits per heavy atom. The van der Waals surface area contributed by atoms with Gasteiger partial charge < -0.3 is 19.8 Å². The maximum Gasteiger partial charge on any atom is 0.228 e. The Morgan fingerprint density at radius 3 is 2.03 bits per heavy atom. The molecule has 0 radical (unpaired) electrons. The van der Waals surface area contributed by atoms with Crippen LogP contribution in [0.2, 0.25) is 0 Å². The third-order valence-corrected chi connectivity index (χ3v) is 7.22. The molecule has 2 aliphatic heterocycles. The predicted molar refractivity (Wildman–Crippen MR) is 148 cm³/mol. The number of β-amino-alcohol motifs (C(OH)–C–C–N with tert-alkyl or cyclic N) is 1. The smallest absolute Gasteiger partial charge is 0.228 e. The second kappa shape index (κ2) is 11.1. The molecule has 1 N–H and O–H groups in total. The highest BCUT2D eigenvalue weighted by atomic mass is 16.3. The predicted octanol–water partition coefficient (Wildman–Crippen LogP) is 2.74. The van der Waals surface area contributed by atoms with E-state index < -0.39 is 0 Å². The largest absolute Gasteiger partial charge is 0.391 e. The first-order valence-electron chi connectivity index (χ1n) is 13.2. The van der Waals surface area contributed by atoms with Crippen LogP contribution in [0.5, 0.6) is 0 Å². The fourth-order valence-electron chi connectivity index (χ4n) is 5.08. The highest BCUT2D eigenvalue weighted by Gasteiger charge is 2.22. The van der Waals surface area contributed by atoms with Gasteiger partial charge in [0.1, 0.15) is 12.2 Å². The van der Waals surface area contributed by atoms with Gasteiger partial charge in [0.2, 0.25) is 11.9 Å². The average molecular weight is 509 g/mol. The molecule has 0 bridgehead atoms. The number of rotatable bonds is 7. The van der Waals surface area contributed by atoms with Gasteiger partial charge in [0, 0.05) is 70.2 Å². The van der Waals surface area contributed by atoms with Crippen molar-refractivity contribution >= 4 is 17.6 Å². The average Bonchev–Trinajstić information content (AvgIpc) is 3.41. The summed E-state index contributed by atoms with van der Waals surface area (Å²) in [5.74, 6) is 2.25. The van der Waals surface area contributed by atoms with Gasteiger partial charge in [-0.05, 0) is 35.2 Å². The van der Waals surface area contributed by atoms with Crippen molar-refractivity contribution in [2.24, 2.45) is 0 Å². The van der Waals surface area contributed by atoms with Crippen molar-refractivity contribution in [2.75, 3.05) is 54.0 Å². The normalized spacial score (nSPS) is 17.7. The molecule has 0 spiro atoms. The van der Waals surface area contributed by atoms with E-state index in [4.69, 9.17) is 4.98 Å². The molecule has 38 heavy (non-hydrogen) atoms. The molecular weight excluding hydrogens is 476 g/mol. The highest BCUT2D eigenvalue weighted by Crippen LogP contribution is 2.22. The second-order valence-corrected chi connectivity index (χ2v) is 9.96. The van der Waals surface area contributed by atoms with Crippen LogP contribution in [0, 0.1) is 0 Å². The fraction of sp³-hybridized carbons (Fsp3) is 0.345. The van der Waals surface area contributed by atoms with Crippen LogP contribution < -0.4 is 14.7 Å². The van der Waals surface area contributed by atoms with E-state index in [0.29, 0.717) is 13.0 Å². The highest BCUT2D eigenvalue weighted by molar-refractivity contribution is 5.49. The van der Waals surface area contributed by atoms with E-state index >= 15 is 0 Å². The molecule has 0 amide bonds. The Bertz CT molecular complexity index is 1330. The molecular formula is C29H32N8O. The van der Waals surface area contributed by atoms with Gasteiger partial charge in [-0.2, -0.15) is 4.98 Å². The summed E-state index contributed by atoms with van der Waals surface area (Å²) in [6, 6.07) is 18.9. The Kier molecular flexibility index (Phi) is 7.08. The lowest BCUT2D eigenvalue weighted by molar-refractivity contribution is 0.198. The first-order valence-corrected chi connectivity index (χ1v) is 13.2. The van der Waals surface area contributed by atoms with E-state index in [9.17, 15) is 5.11 Å². The van der Waals surface area contributed by atoms with E-state index in [1.165, 1.54) is 5.56 Å². The third kappa shape index (κ3) is 5.73. The number of hydrogen-bond donors (Lipinski definition) is 1. The lowest BCUT2D eigenvalue weighted by Gasteiger charge is -2.34. The van der Waals surface area contributed by atoms with Gasteiger partial charge in [-0.3, -0.25) is 0 Å². The maximum atomic E-state index is 9.79. The molecule has 9 nitrogen and oxygen atoms in total. The molecule has 2 aromatic carbocycles. The minimum atomic E-state index is -0.224. The number of aliphatic hydroxyl groups excluding tert-OH is 1. The number of hydrogen-bond acceptors (Lipinski definition) is 9. The first-order chi connectivity index (χ1) is 18.7. The van der Waals surface area contributed by atoms with E-state index in [-0.39, 0.29) is 6.10 Å². The maximum absolute atomic E-state index is 9.79. The lowest BCUT2D eigenvalue weighted by Crippen LogP contribution is -2.47. The van der Waals surface area contributed by atoms with Gasteiger partial charge in [0.15, 0.2) is 0 Å². The minimum Gasteiger partial charge on any atom is -0.391 e. The quantitative estimate of drug-likeness (QED) is 0.404. The first kappa shape index (κ1) is 24.2. The van der Waals surface area contributed by atoms with Crippen LogP contribution in [-0.4, -0.2) is 75.4 Å². The Balaban J connectivity index is 1.03. The van der Waals surface area contributed by atoms with Crippen LogP contribution in [0.1, 0.15) is 28.9 Å². The molecule has 0 saturated carbocycles. The van der Waals surface area contributed by atoms with Crippen molar-refractivity contribution in [3.8, 4) is 0 Å². The van der Waals surface area contributed by atoms with Gasteiger partial charge >= 0.3 is 0 Å². The molecule has 9 heteroatoms. The summed E-state index contributed by atoms with van der Waals surface area (Å²) in [5, 5.41) is 9.79. The molecule has 6 rings (SSSR count). The molecule has 194 valence electrons. The number of anilines is 3. The van der Waals surface area contributed by atoms with Crippen LogP contribution in [0.4, 0.5) is 17.6 Å². The molecule has 4 heterocycles. The second-order valence-electron chi connectivity index (χ2n) is 9.96.